The lowest BCUT2D eigenvalue weighted by atomic mass is 9.96. The van der Waals surface area contributed by atoms with Crippen molar-refractivity contribution >= 4 is 5.91 Å². The highest BCUT2D eigenvalue weighted by molar-refractivity contribution is 5.97. The van der Waals surface area contributed by atoms with Crippen LogP contribution in [0, 0.1) is 0 Å². The lowest BCUT2D eigenvalue weighted by molar-refractivity contribution is 0.0788. The number of amides is 1. The van der Waals surface area contributed by atoms with Crippen molar-refractivity contribution in [3.05, 3.63) is 53.1 Å². The van der Waals surface area contributed by atoms with E-state index in [1.54, 1.807) is 19.1 Å². The summed E-state index contributed by atoms with van der Waals surface area (Å²) >= 11 is 0. The summed E-state index contributed by atoms with van der Waals surface area (Å²) < 4.78 is 16.6. The van der Waals surface area contributed by atoms with Gasteiger partial charge >= 0.3 is 0 Å². The summed E-state index contributed by atoms with van der Waals surface area (Å²) in [5.74, 6) is 2.51. The molecule has 2 atom stereocenters. The predicted octanol–water partition coefficient (Wildman–Crippen LogP) is 4.29. The first-order chi connectivity index (χ1) is 13.5. The van der Waals surface area contributed by atoms with Crippen LogP contribution < -0.4 is 14.2 Å². The van der Waals surface area contributed by atoms with E-state index in [0.717, 1.165) is 41.2 Å². The Bertz CT molecular complexity index is 848. The molecule has 1 aliphatic heterocycles. The third kappa shape index (κ3) is 3.93. The fourth-order valence-corrected chi connectivity index (χ4v) is 3.62. The molecule has 0 radical (unpaired) electrons. The molecule has 0 fully saturated rings. The number of nitrogens with zero attached hydrogens (tertiary/aromatic N) is 1. The molecule has 0 saturated heterocycles. The number of hydrogen-bond donors (Lipinski definition) is 0. The van der Waals surface area contributed by atoms with Crippen LogP contribution in [-0.4, -0.2) is 44.7 Å². The van der Waals surface area contributed by atoms with Gasteiger partial charge in [-0.3, -0.25) is 4.79 Å². The Morgan fingerprint density at radius 1 is 1.11 bits per heavy atom. The van der Waals surface area contributed by atoms with E-state index in [-0.39, 0.29) is 12.0 Å². The van der Waals surface area contributed by atoms with Crippen molar-refractivity contribution in [3.63, 3.8) is 0 Å². The van der Waals surface area contributed by atoms with E-state index in [0.29, 0.717) is 18.0 Å². The number of fused-ring (bicyclic) bond motifs is 1. The van der Waals surface area contributed by atoms with Gasteiger partial charge in [0, 0.05) is 25.1 Å². The van der Waals surface area contributed by atoms with E-state index in [1.807, 2.05) is 44.3 Å². The zero-order valence-corrected chi connectivity index (χ0v) is 17.3. The minimum atomic E-state index is 0.00506. The summed E-state index contributed by atoms with van der Waals surface area (Å²) in [5, 5.41) is 0. The van der Waals surface area contributed by atoms with Crippen LogP contribution in [0.4, 0.5) is 0 Å². The summed E-state index contributed by atoms with van der Waals surface area (Å²) in [6.07, 6.45) is 1.81. The second-order valence-corrected chi connectivity index (χ2v) is 7.36. The Labute approximate surface area is 167 Å². The van der Waals surface area contributed by atoms with Gasteiger partial charge in [-0.2, -0.15) is 0 Å². The van der Waals surface area contributed by atoms with E-state index in [4.69, 9.17) is 14.2 Å². The van der Waals surface area contributed by atoms with Crippen LogP contribution in [0.5, 0.6) is 17.2 Å². The van der Waals surface area contributed by atoms with E-state index in [9.17, 15) is 4.79 Å². The van der Waals surface area contributed by atoms with Crippen LogP contribution in [0.1, 0.15) is 47.7 Å². The number of methoxy groups -OCH3 is 2. The van der Waals surface area contributed by atoms with Crippen molar-refractivity contribution in [2.75, 3.05) is 27.8 Å². The highest BCUT2D eigenvalue weighted by atomic mass is 16.5. The second kappa shape index (κ2) is 8.55. The first kappa shape index (κ1) is 20.1. The van der Waals surface area contributed by atoms with Crippen LogP contribution in [0.25, 0.3) is 0 Å². The molecule has 0 aliphatic carbocycles. The maximum Gasteiger partial charge on any atom is 0.257 e. The van der Waals surface area contributed by atoms with E-state index in [1.165, 1.54) is 0 Å². The van der Waals surface area contributed by atoms with Crippen LogP contribution in [0.3, 0.4) is 0 Å². The first-order valence-corrected chi connectivity index (χ1v) is 9.72. The lowest BCUT2D eigenvalue weighted by Gasteiger charge is -2.19. The molecule has 150 valence electrons. The van der Waals surface area contributed by atoms with Crippen LogP contribution in [0.2, 0.25) is 0 Å². The quantitative estimate of drug-likeness (QED) is 0.715. The molecule has 0 spiro atoms. The first-order valence-electron chi connectivity index (χ1n) is 9.72. The summed E-state index contributed by atoms with van der Waals surface area (Å²) in [4.78, 5) is 14.7. The number of para-hydroxylation sites is 1. The van der Waals surface area contributed by atoms with Gasteiger partial charge in [0.25, 0.3) is 5.91 Å². The van der Waals surface area contributed by atoms with Crippen LogP contribution in [-0.2, 0) is 6.42 Å². The Kier molecular flexibility index (Phi) is 6.12. The van der Waals surface area contributed by atoms with Gasteiger partial charge < -0.3 is 19.1 Å². The Balaban J connectivity index is 1.62. The molecule has 0 aromatic heterocycles. The molecule has 0 saturated carbocycles. The molecule has 1 aliphatic rings. The number of carbonyl (C=O) groups is 1. The molecule has 2 aromatic carbocycles. The van der Waals surface area contributed by atoms with E-state index < -0.39 is 0 Å². The highest BCUT2D eigenvalue weighted by Gasteiger charge is 2.31. The standard InChI is InChI=1S/C23H29NO4/c1-15-16(2)28-22-18(15)9-6-10-19(22)23(25)24(3)13-7-8-17-11-12-20(26-4)21(14-17)27-5/h6,9-12,14-16H,7-8,13H2,1-5H3/t15-,16-/m1/s1. The largest absolute Gasteiger partial charge is 0.493 e. The molecule has 3 rings (SSSR count). The lowest BCUT2D eigenvalue weighted by Crippen LogP contribution is -2.28. The van der Waals surface area contributed by atoms with E-state index in [2.05, 4.69) is 13.0 Å². The highest BCUT2D eigenvalue weighted by Crippen LogP contribution is 2.40. The fourth-order valence-electron chi connectivity index (χ4n) is 3.62. The molecule has 0 unspecified atom stereocenters. The Morgan fingerprint density at radius 2 is 1.86 bits per heavy atom. The smallest absolute Gasteiger partial charge is 0.257 e. The molecule has 5 nitrogen and oxygen atoms in total. The molecule has 5 heteroatoms. The van der Waals surface area contributed by atoms with Crippen molar-refractivity contribution in [1.29, 1.82) is 0 Å². The maximum absolute atomic E-state index is 13.0. The van der Waals surface area contributed by atoms with Crippen molar-refractivity contribution in [3.8, 4) is 17.2 Å². The number of aryl methyl sites for hydroxylation is 1. The second-order valence-electron chi connectivity index (χ2n) is 7.36. The zero-order valence-electron chi connectivity index (χ0n) is 17.3. The van der Waals surface area contributed by atoms with Crippen molar-refractivity contribution in [2.45, 2.75) is 38.7 Å². The summed E-state index contributed by atoms with van der Waals surface area (Å²) in [6.45, 7) is 4.85. The summed E-state index contributed by atoms with van der Waals surface area (Å²) in [5.41, 5.74) is 2.93. The number of benzene rings is 2. The maximum atomic E-state index is 13.0. The fraction of sp³-hybridized carbons (Fsp3) is 0.435. The molecular weight excluding hydrogens is 354 g/mol. The molecular formula is C23H29NO4. The van der Waals surface area contributed by atoms with Gasteiger partial charge in [0.15, 0.2) is 11.5 Å². The van der Waals surface area contributed by atoms with Gasteiger partial charge in [-0.25, -0.2) is 0 Å². The van der Waals surface area contributed by atoms with Gasteiger partial charge in [0.1, 0.15) is 11.9 Å². The van der Waals surface area contributed by atoms with Gasteiger partial charge in [-0.15, -0.1) is 0 Å². The zero-order chi connectivity index (χ0) is 20.3. The van der Waals surface area contributed by atoms with Crippen molar-refractivity contribution in [1.82, 2.24) is 4.90 Å². The number of carbonyl (C=O) groups excluding carboxylic acids is 1. The van der Waals surface area contributed by atoms with Crippen molar-refractivity contribution in [2.24, 2.45) is 0 Å². The van der Waals surface area contributed by atoms with Gasteiger partial charge in [-0.05, 0) is 43.5 Å². The average molecular weight is 383 g/mol. The SMILES string of the molecule is COc1ccc(CCCN(C)C(=O)c2cccc3c2O[C@H](C)[C@H]3C)cc1OC. The molecule has 0 bridgehead atoms. The third-order valence-electron chi connectivity index (χ3n) is 5.53. The average Bonchev–Trinajstić information content (AvgIpc) is 3.01. The third-order valence-corrected chi connectivity index (χ3v) is 5.53. The Morgan fingerprint density at radius 3 is 2.57 bits per heavy atom. The number of ether oxygens (including phenoxy) is 3. The molecule has 1 heterocycles. The van der Waals surface area contributed by atoms with E-state index >= 15 is 0 Å². The van der Waals surface area contributed by atoms with Crippen LogP contribution >= 0.6 is 0 Å². The molecule has 28 heavy (non-hydrogen) atoms. The normalized spacial score (nSPS) is 17.6. The topological polar surface area (TPSA) is 48.0 Å². The van der Waals surface area contributed by atoms with Gasteiger partial charge in [-0.1, -0.05) is 25.1 Å². The molecule has 2 aromatic rings. The summed E-state index contributed by atoms with van der Waals surface area (Å²) in [7, 11) is 5.11. The Hall–Kier alpha value is -2.69. The molecule has 1 amide bonds. The van der Waals surface area contributed by atoms with Crippen molar-refractivity contribution < 1.29 is 19.0 Å². The molecule has 0 N–H and O–H groups in total. The summed E-state index contributed by atoms with van der Waals surface area (Å²) in [6, 6.07) is 11.8. The van der Waals surface area contributed by atoms with Crippen LogP contribution in [0.15, 0.2) is 36.4 Å². The monoisotopic (exact) mass is 383 g/mol. The van der Waals surface area contributed by atoms with Gasteiger partial charge in [0.2, 0.25) is 0 Å². The number of hydrogen-bond acceptors (Lipinski definition) is 4. The minimum Gasteiger partial charge on any atom is -0.493 e. The van der Waals surface area contributed by atoms with Gasteiger partial charge in [0.05, 0.1) is 19.8 Å². The predicted molar refractivity (Wildman–Crippen MR) is 110 cm³/mol. The minimum absolute atomic E-state index is 0.00506. The number of rotatable bonds is 7.